The summed E-state index contributed by atoms with van der Waals surface area (Å²) in [5, 5.41) is 6.69. The van der Waals surface area contributed by atoms with Gasteiger partial charge >= 0.3 is 0 Å². The van der Waals surface area contributed by atoms with E-state index in [1.165, 1.54) is 11.1 Å². The fourth-order valence-corrected chi connectivity index (χ4v) is 2.94. The van der Waals surface area contributed by atoms with Gasteiger partial charge in [0.1, 0.15) is 18.0 Å². The van der Waals surface area contributed by atoms with Gasteiger partial charge in [0.25, 0.3) is 0 Å². The average Bonchev–Trinajstić information content (AvgIpc) is 2.72. The first-order chi connectivity index (χ1) is 13.7. The van der Waals surface area contributed by atoms with Crippen LogP contribution in [0.25, 0.3) is 0 Å². The summed E-state index contributed by atoms with van der Waals surface area (Å²) < 4.78 is 10.6. The van der Waals surface area contributed by atoms with Crippen LogP contribution in [0.5, 0.6) is 11.5 Å². The Morgan fingerprint density at radius 1 is 0.821 bits per heavy atom. The molecule has 1 heterocycles. The van der Waals surface area contributed by atoms with Crippen molar-refractivity contribution in [2.24, 2.45) is 0 Å². The van der Waals surface area contributed by atoms with Crippen LogP contribution in [0.1, 0.15) is 16.7 Å². The first-order valence-corrected chi connectivity index (χ1v) is 9.24. The first kappa shape index (κ1) is 19.5. The molecule has 0 unspecified atom stereocenters. The highest BCUT2D eigenvalue weighted by atomic mass is 16.5. The Bertz CT molecular complexity index is 915. The molecule has 0 fully saturated rings. The number of hydrogen-bond acceptors (Lipinski definition) is 6. The van der Waals surface area contributed by atoms with E-state index >= 15 is 0 Å². The van der Waals surface area contributed by atoms with Crippen LogP contribution >= 0.6 is 0 Å². The van der Waals surface area contributed by atoms with Crippen molar-refractivity contribution in [3.05, 3.63) is 71.5 Å². The molecule has 6 heteroatoms. The quantitative estimate of drug-likeness (QED) is 0.585. The Hall–Kier alpha value is -3.28. The van der Waals surface area contributed by atoms with Crippen LogP contribution in [-0.4, -0.2) is 30.7 Å². The fraction of sp³-hybridized carbons (Fsp3) is 0.273. The second kappa shape index (κ2) is 9.60. The number of anilines is 2. The number of nitrogens with one attached hydrogen (secondary N) is 2. The lowest BCUT2D eigenvalue weighted by Gasteiger charge is -2.11. The summed E-state index contributed by atoms with van der Waals surface area (Å²) in [6.07, 6.45) is 2.41. The van der Waals surface area contributed by atoms with Gasteiger partial charge < -0.3 is 20.1 Å². The maximum atomic E-state index is 5.35. The Balaban J connectivity index is 1.53. The molecule has 0 saturated heterocycles. The zero-order valence-electron chi connectivity index (χ0n) is 16.5. The van der Waals surface area contributed by atoms with Crippen molar-refractivity contribution in [1.82, 2.24) is 9.97 Å². The molecule has 2 N–H and O–H groups in total. The largest absolute Gasteiger partial charge is 0.493 e. The maximum Gasteiger partial charge on any atom is 0.160 e. The number of aryl methyl sites for hydroxylation is 1. The van der Waals surface area contributed by atoms with Gasteiger partial charge in [0.15, 0.2) is 11.5 Å². The van der Waals surface area contributed by atoms with Crippen molar-refractivity contribution in [3.8, 4) is 11.5 Å². The van der Waals surface area contributed by atoms with Crippen LogP contribution in [0.2, 0.25) is 0 Å². The third kappa shape index (κ3) is 5.36. The number of nitrogens with zero attached hydrogens (tertiary/aromatic N) is 2. The highest BCUT2D eigenvalue weighted by Crippen LogP contribution is 2.27. The summed E-state index contributed by atoms with van der Waals surface area (Å²) in [6.45, 7) is 3.57. The van der Waals surface area contributed by atoms with Gasteiger partial charge in [-0.2, -0.15) is 0 Å². The number of hydrogen-bond donors (Lipinski definition) is 2. The third-order valence-corrected chi connectivity index (χ3v) is 4.39. The van der Waals surface area contributed by atoms with Gasteiger partial charge in [-0.3, -0.25) is 0 Å². The molecule has 3 aromatic rings. The van der Waals surface area contributed by atoms with Crippen LogP contribution in [0.15, 0.2) is 54.9 Å². The molecule has 0 bridgehead atoms. The first-order valence-electron chi connectivity index (χ1n) is 9.24. The van der Waals surface area contributed by atoms with E-state index < -0.39 is 0 Å². The molecular weight excluding hydrogens is 352 g/mol. The van der Waals surface area contributed by atoms with E-state index in [0.717, 1.165) is 48.2 Å². The van der Waals surface area contributed by atoms with Crippen molar-refractivity contribution in [2.45, 2.75) is 19.9 Å². The minimum Gasteiger partial charge on any atom is -0.493 e. The van der Waals surface area contributed by atoms with Crippen LogP contribution < -0.4 is 20.1 Å². The number of rotatable bonds is 9. The van der Waals surface area contributed by atoms with Crippen molar-refractivity contribution in [2.75, 3.05) is 31.4 Å². The van der Waals surface area contributed by atoms with Gasteiger partial charge in [-0.1, -0.05) is 35.9 Å². The summed E-state index contributed by atoms with van der Waals surface area (Å²) in [5.74, 6) is 3.07. The van der Waals surface area contributed by atoms with Gasteiger partial charge in [0, 0.05) is 19.2 Å². The second-order valence-corrected chi connectivity index (χ2v) is 6.50. The SMILES string of the molecule is COc1ccc(CCNc2cc(NCc3cccc(C)c3)ncn2)cc1OC. The van der Waals surface area contributed by atoms with Crippen LogP contribution in [0.4, 0.5) is 11.6 Å². The molecule has 0 atom stereocenters. The molecule has 0 spiro atoms. The monoisotopic (exact) mass is 378 g/mol. The van der Waals surface area contributed by atoms with Crippen molar-refractivity contribution in [3.63, 3.8) is 0 Å². The Morgan fingerprint density at radius 3 is 2.36 bits per heavy atom. The second-order valence-electron chi connectivity index (χ2n) is 6.50. The van der Waals surface area contributed by atoms with Crippen molar-refractivity contribution >= 4 is 11.6 Å². The lowest BCUT2D eigenvalue weighted by molar-refractivity contribution is 0.354. The Labute approximate surface area is 166 Å². The van der Waals surface area contributed by atoms with E-state index in [0.29, 0.717) is 0 Å². The van der Waals surface area contributed by atoms with Crippen molar-refractivity contribution < 1.29 is 9.47 Å². The maximum absolute atomic E-state index is 5.35. The molecule has 0 aliphatic rings. The molecule has 0 saturated carbocycles. The molecule has 0 amide bonds. The Kier molecular flexibility index (Phi) is 6.68. The summed E-state index contributed by atoms with van der Waals surface area (Å²) in [7, 11) is 3.28. The summed E-state index contributed by atoms with van der Waals surface area (Å²) in [6, 6.07) is 16.3. The van der Waals surface area contributed by atoms with E-state index in [-0.39, 0.29) is 0 Å². The van der Waals surface area contributed by atoms with E-state index in [1.54, 1.807) is 20.5 Å². The zero-order valence-corrected chi connectivity index (χ0v) is 16.5. The molecule has 1 aromatic heterocycles. The average molecular weight is 378 g/mol. The van der Waals surface area contributed by atoms with Crippen molar-refractivity contribution in [1.29, 1.82) is 0 Å². The van der Waals surface area contributed by atoms with E-state index in [9.17, 15) is 0 Å². The molecule has 3 rings (SSSR count). The number of benzene rings is 2. The lowest BCUT2D eigenvalue weighted by Crippen LogP contribution is -2.08. The predicted molar refractivity (Wildman–Crippen MR) is 112 cm³/mol. The molecule has 146 valence electrons. The highest BCUT2D eigenvalue weighted by Gasteiger charge is 2.05. The summed E-state index contributed by atoms with van der Waals surface area (Å²) in [4.78, 5) is 8.59. The lowest BCUT2D eigenvalue weighted by atomic mass is 10.1. The van der Waals surface area contributed by atoms with Crippen LogP contribution in [-0.2, 0) is 13.0 Å². The highest BCUT2D eigenvalue weighted by molar-refractivity contribution is 5.47. The van der Waals surface area contributed by atoms with Gasteiger partial charge in [-0.05, 0) is 36.6 Å². The number of aromatic nitrogens is 2. The van der Waals surface area contributed by atoms with Gasteiger partial charge in [-0.15, -0.1) is 0 Å². The summed E-state index contributed by atoms with van der Waals surface area (Å²) in [5.41, 5.74) is 3.64. The molecule has 0 aliphatic carbocycles. The molecular formula is C22H26N4O2. The molecule has 0 radical (unpaired) electrons. The van der Waals surface area contributed by atoms with Gasteiger partial charge in [-0.25, -0.2) is 9.97 Å². The Morgan fingerprint density at radius 2 is 1.61 bits per heavy atom. The standard InChI is InChI=1S/C22H26N4O2/c1-16-5-4-6-18(11-16)14-24-22-13-21(25-15-26-22)23-10-9-17-7-8-19(27-2)20(12-17)28-3/h4-8,11-13,15H,9-10,14H2,1-3H3,(H2,23,24,25,26). The normalized spacial score (nSPS) is 10.4. The number of methoxy groups -OCH3 is 2. The third-order valence-electron chi connectivity index (χ3n) is 4.39. The number of ether oxygens (including phenoxy) is 2. The van der Waals surface area contributed by atoms with Crippen LogP contribution in [0, 0.1) is 6.92 Å². The van der Waals surface area contributed by atoms with E-state index in [2.05, 4.69) is 51.8 Å². The zero-order chi connectivity index (χ0) is 19.8. The molecule has 0 aliphatic heterocycles. The van der Waals surface area contributed by atoms with Gasteiger partial charge in [0.2, 0.25) is 0 Å². The van der Waals surface area contributed by atoms with E-state index in [1.807, 2.05) is 24.3 Å². The van der Waals surface area contributed by atoms with E-state index in [4.69, 9.17) is 9.47 Å². The molecule has 28 heavy (non-hydrogen) atoms. The smallest absolute Gasteiger partial charge is 0.160 e. The molecule has 6 nitrogen and oxygen atoms in total. The summed E-state index contributed by atoms with van der Waals surface area (Å²) >= 11 is 0. The van der Waals surface area contributed by atoms with Gasteiger partial charge in [0.05, 0.1) is 14.2 Å². The molecule has 2 aromatic carbocycles. The topological polar surface area (TPSA) is 68.3 Å². The van der Waals surface area contributed by atoms with Crippen LogP contribution in [0.3, 0.4) is 0 Å². The minimum atomic E-state index is 0.726. The fourth-order valence-electron chi connectivity index (χ4n) is 2.94. The minimum absolute atomic E-state index is 0.726. The predicted octanol–water partition coefficient (Wildman–Crippen LogP) is 4.07.